The number of rotatable bonds is 4. The number of primary sulfonamides is 1. The van der Waals surface area contributed by atoms with E-state index < -0.39 is 10.0 Å². The second-order valence-corrected chi connectivity index (χ2v) is 7.13. The van der Waals surface area contributed by atoms with Crippen LogP contribution < -0.4 is 10.5 Å². The predicted molar refractivity (Wildman–Crippen MR) is 77.2 cm³/mol. The minimum Gasteiger partial charge on any atom is -0.380 e. The maximum Gasteiger partial charge on any atom is 0.238 e. The highest BCUT2D eigenvalue weighted by molar-refractivity contribution is 9.10. The van der Waals surface area contributed by atoms with Gasteiger partial charge in [-0.3, -0.25) is 0 Å². The molecular weight excluding hydrogens is 336 g/mol. The van der Waals surface area contributed by atoms with Crippen molar-refractivity contribution in [2.24, 2.45) is 5.14 Å². The maximum absolute atomic E-state index is 11.2. The zero-order chi connectivity index (χ0) is 13.2. The van der Waals surface area contributed by atoms with Crippen LogP contribution >= 0.6 is 27.3 Å². The highest BCUT2D eigenvalue weighted by Gasteiger charge is 2.07. The van der Waals surface area contributed by atoms with Crippen LogP contribution in [0.2, 0.25) is 0 Å². The van der Waals surface area contributed by atoms with Crippen LogP contribution in [-0.2, 0) is 16.6 Å². The van der Waals surface area contributed by atoms with E-state index in [1.54, 1.807) is 23.5 Å². The van der Waals surface area contributed by atoms with Crippen molar-refractivity contribution in [2.75, 3.05) is 5.32 Å². The smallest absolute Gasteiger partial charge is 0.238 e. The van der Waals surface area contributed by atoms with Crippen molar-refractivity contribution < 1.29 is 8.42 Å². The Morgan fingerprint density at radius 3 is 2.72 bits per heavy atom. The predicted octanol–water partition coefficient (Wildman–Crippen LogP) is 2.77. The van der Waals surface area contributed by atoms with E-state index >= 15 is 0 Å². The van der Waals surface area contributed by atoms with Crippen molar-refractivity contribution in [3.05, 3.63) is 45.1 Å². The minimum atomic E-state index is -3.65. The third kappa shape index (κ3) is 3.55. The third-order valence-corrected chi connectivity index (χ3v) is 4.86. The normalized spacial score (nSPS) is 11.4. The van der Waals surface area contributed by atoms with E-state index in [1.807, 2.05) is 11.4 Å². The van der Waals surface area contributed by atoms with Gasteiger partial charge in [-0.1, -0.05) is 6.07 Å². The Hall–Kier alpha value is -0.890. The standard InChI is InChI=1S/C11H11BrN2O2S2/c12-8-4-10(17-7-8)6-14-9-2-1-3-11(5-9)18(13,15)16/h1-5,7,14H,6H2,(H2,13,15,16). The van der Waals surface area contributed by atoms with E-state index in [0.717, 1.165) is 15.0 Å². The largest absolute Gasteiger partial charge is 0.380 e. The van der Waals surface area contributed by atoms with Crippen LogP contribution in [0.1, 0.15) is 4.88 Å². The zero-order valence-corrected chi connectivity index (χ0v) is 12.5. The number of nitrogens with one attached hydrogen (secondary N) is 1. The molecule has 7 heteroatoms. The molecule has 18 heavy (non-hydrogen) atoms. The van der Waals surface area contributed by atoms with E-state index in [0.29, 0.717) is 6.54 Å². The van der Waals surface area contributed by atoms with Gasteiger partial charge in [0.1, 0.15) is 0 Å². The summed E-state index contributed by atoms with van der Waals surface area (Å²) in [5.41, 5.74) is 0.728. The first-order chi connectivity index (χ1) is 8.45. The highest BCUT2D eigenvalue weighted by atomic mass is 79.9. The summed E-state index contributed by atoms with van der Waals surface area (Å²) in [7, 11) is -3.65. The molecule has 3 N–H and O–H groups in total. The number of nitrogens with two attached hydrogens (primary N) is 1. The number of thiophene rings is 1. The summed E-state index contributed by atoms with van der Waals surface area (Å²) in [5.74, 6) is 0. The van der Waals surface area contributed by atoms with Gasteiger partial charge in [0.05, 0.1) is 4.90 Å². The second-order valence-electron chi connectivity index (χ2n) is 3.66. The number of hydrogen-bond donors (Lipinski definition) is 2. The lowest BCUT2D eigenvalue weighted by molar-refractivity contribution is 0.598. The molecule has 96 valence electrons. The third-order valence-electron chi connectivity index (χ3n) is 2.25. The lowest BCUT2D eigenvalue weighted by Crippen LogP contribution is -2.12. The summed E-state index contributed by atoms with van der Waals surface area (Å²) < 4.78 is 23.5. The van der Waals surface area contributed by atoms with E-state index in [1.165, 1.54) is 12.1 Å². The van der Waals surface area contributed by atoms with E-state index in [4.69, 9.17) is 5.14 Å². The van der Waals surface area contributed by atoms with E-state index in [9.17, 15) is 8.42 Å². The summed E-state index contributed by atoms with van der Waals surface area (Å²) in [6.07, 6.45) is 0. The molecule has 4 nitrogen and oxygen atoms in total. The average molecular weight is 347 g/mol. The molecule has 1 aromatic heterocycles. The fourth-order valence-electron chi connectivity index (χ4n) is 1.42. The van der Waals surface area contributed by atoms with Gasteiger partial charge in [0, 0.05) is 27.0 Å². The molecule has 2 rings (SSSR count). The molecule has 0 fully saturated rings. The van der Waals surface area contributed by atoms with Crippen molar-refractivity contribution in [2.45, 2.75) is 11.4 Å². The van der Waals surface area contributed by atoms with Crippen molar-refractivity contribution in [1.82, 2.24) is 0 Å². The van der Waals surface area contributed by atoms with Crippen LogP contribution in [-0.4, -0.2) is 8.42 Å². The Morgan fingerprint density at radius 1 is 1.33 bits per heavy atom. The molecule has 0 unspecified atom stereocenters. The number of anilines is 1. The Labute approximate surface area is 118 Å². The summed E-state index contributed by atoms with van der Waals surface area (Å²) in [6.45, 7) is 0.643. The molecule has 0 saturated carbocycles. The number of sulfonamides is 1. The van der Waals surface area contributed by atoms with Crippen molar-refractivity contribution in [3.8, 4) is 0 Å². The molecule has 0 aliphatic carbocycles. The van der Waals surface area contributed by atoms with Gasteiger partial charge >= 0.3 is 0 Å². The number of halogens is 1. The molecule has 0 bridgehead atoms. The van der Waals surface area contributed by atoms with Crippen LogP contribution in [0.25, 0.3) is 0 Å². The topological polar surface area (TPSA) is 72.2 Å². The van der Waals surface area contributed by atoms with Crippen LogP contribution in [0, 0.1) is 0 Å². The second kappa shape index (κ2) is 5.40. The van der Waals surface area contributed by atoms with Gasteiger partial charge in [0.15, 0.2) is 0 Å². The van der Waals surface area contributed by atoms with Gasteiger partial charge in [-0.15, -0.1) is 11.3 Å². The molecular formula is C11H11BrN2O2S2. The minimum absolute atomic E-state index is 0.111. The Kier molecular flexibility index (Phi) is 4.06. The molecule has 0 saturated heterocycles. The fourth-order valence-corrected chi connectivity index (χ4v) is 3.37. The first-order valence-corrected chi connectivity index (χ1v) is 8.27. The molecule has 0 radical (unpaired) electrons. The lowest BCUT2D eigenvalue weighted by atomic mass is 10.3. The molecule has 2 aromatic rings. The molecule has 0 aliphatic rings. The Balaban J connectivity index is 2.11. The number of benzene rings is 1. The molecule has 1 aromatic carbocycles. The van der Waals surface area contributed by atoms with Gasteiger partial charge in [-0.05, 0) is 40.2 Å². The quantitative estimate of drug-likeness (QED) is 0.893. The Morgan fingerprint density at radius 2 is 2.11 bits per heavy atom. The molecule has 0 aliphatic heterocycles. The van der Waals surface area contributed by atoms with Gasteiger partial charge in [-0.2, -0.15) is 0 Å². The number of hydrogen-bond acceptors (Lipinski definition) is 4. The SMILES string of the molecule is NS(=O)(=O)c1cccc(NCc2cc(Br)cs2)c1. The molecule has 0 amide bonds. The van der Waals surface area contributed by atoms with Crippen molar-refractivity contribution in [1.29, 1.82) is 0 Å². The van der Waals surface area contributed by atoms with E-state index in [2.05, 4.69) is 21.2 Å². The van der Waals surface area contributed by atoms with Crippen LogP contribution in [0.3, 0.4) is 0 Å². The Bertz CT molecular complexity index is 653. The summed E-state index contributed by atoms with van der Waals surface area (Å²) in [5, 5.41) is 10.2. The van der Waals surface area contributed by atoms with Crippen LogP contribution in [0.15, 0.2) is 45.1 Å². The van der Waals surface area contributed by atoms with Crippen LogP contribution in [0.5, 0.6) is 0 Å². The van der Waals surface area contributed by atoms with E-state index in [-0.39, 0.29) is 4.90 Å². The first-order valence-electron chi connectivity index (χ1n) is 5.05. The fraction of sp³-hybridized carbons (Fsp3) is 0.0909. The van der Waals surface area contributed by atoms with Crippen molar-refractivity contribution in [3.63, 3.8) is 0 Å². The summed E-state index contributed by atoms with van der Waals surface area (Å²) >= 11 is 5.01. The van der Waals surface area contributed by atoms with Gasteiger partial charge < -0.3 is 5.32 Å². The first kappa shape index (κ1) is 13.5. The highest BCUT2D eigenvalue weighted by Crippen LogP contribution is 2.21. The molecule has 0 spiro atoms. The van der Waals surface area contributed by atoms with Gasteiger partial charge in [0.25, 0.3) is 0 Å². The van der Waals surface area contributed by atoms with Crippen molar-refractivity contribution >= 4 is 43.0 Å². The van der Waals surface area contributed by atoms with Gasteiger partial charge in [0.2, 0.25) is 10.0 Å². The molecule has 0 atom stereocenters. The maximum atomic E-state index is 11.2. The summed E-state index contributed by atoms with van der Waals surface area (Å²) in [4.78, 5) is 1.27. The lowest BCUT2D eigenvalue weighted by Gasteiger charge is -2.06. The monoisotopic (exact) mass is 346 g/mol. The van der Waals surface area contributed by atoms with Crippen LogP contribution in [0.4, 0.5) is 5.69 Å². The molecule has 1 heterocycles. The summed E-state index contributed by atoms with van der Waals surface area (Å²) in [6, 6.07) is 8.48. The average Bonchev–Trinajstić information content (AvgIpc) is 2.72. The zero-order valence-electron chi connectivity index (χ0n) is 9.26. The van der Waals surface area contributed by atoms with Gasteiger partial charge in [-0.25, -0.2) is 13.6 Å².